The molecule has 25 heteroatoms. The van der Waals surface area contributed by atoms with Crippen molar-refractivity contribution in [1.29, 1.82) is 0 Å². The zero-order valence-electron chi connectivity index (χ0n) is 33.8. The number of fused-ring (bicyclic) bond motifs is 3. The number of thiophene rings is 6. The molecule has 6 heterocycles. The van der Waals surface area contributed by atoms with Crippen LogP contribution < -0.4 is 0 Å². The molecule has 0 saturated heterocycles. The minimum Gasteiger partial charge on any atom is -0.358 e. The van der Waals surface area contributed by atoms with Gasteiger partial charge in [0.05, 0.1) is 33.5 Å². The molecule has 362 valence electrons. The van der Waals surface area contributed by atoms with Crippen molar-refractivity contribution in [3.05, 3.63) is 99.9 Å². The molecule has 6 aromatic rings. The topological polar surface area (TPSA) is 0 Å². The van der Waals surface area contributed by atoms with E-state index in [1.807, 2.05) is 76.7 Å². The van der Waals surface area contributed by atoms with Crippen LogP contribution in [0.1, 0.15) is 40.8 Å². The van der Waals surface area contributed by atoms with Gasteiger partial charge in [0.2, 0.25) is 0 Å². The van der Waals surface area contributed by atoms with Crippen molar-refractivity contribution in [1.82, 2.24) is 0 Å². The van der Waals surface area contributed by atoms with Crippen LogP contribution in [0.15, 0.2) is 17.9 Å². The summed E-state index contributed by atoms with van der Waals surface area (Å²) in [6.45, 7) is 12.5. The van der Waals surface area contributed by atoms with Crippen molar-refractivity contribution >= 4 is 253 Å². The third kappa shape index (κ3) is 45.4. The van der Waals surface area contributed by atoms with Gasteiger partial charge >= 0.3 is 0 Å². The van der Waals surface area contributed by atoms with E-state index in [9.17, 15) is 0 Å². The van der Waals surface area contributed by atoms with Gasteiger partial charge in [0.1, 0.15) is 0 Å². The summed E-state index contributed by atoms with van der Waals surface area (Å²) in [7, 11) is 0. The van der Waals surface area contributed by atoms with Gasteiger partial charge < -0.3 is 79.4 Å². The maximum atomic E-state index is 3.60. The molecular formula is C34H49Ar8Br7I2S6Y2-8. The Morgan fingerprint density at radius 2 is 0.576 bits per heavy atom. The van der Waals surface area contributed by atoms with Crippen LogP contribution in [0.25, 0.3) is 28.2 Å². The zero-order chi connectivity index (χ0) is 32.9. The van der Waals surface area contributed by atoms with Gasteiger partial charge in [-0.25, -0.2) is 0 Å². The van der Waals surface area contributed by atoms with Crippen LogP contribution in [0, 0.1) is 392 Å². The zero-order valence-corrected chi connectivity index (χ0v) is 65.5. The van der Waals surface area contributed by atoms with Crippen LogP contribution >= 0.6 is 225 Å². The third-order valence-electron chi connectivity index (χ3n) is 4.36. The van der Waals surface area contributed by atoms with E-state index in [0.717, 1.165) is 0 Å². The van der Waals surface area contributed by atoms with Gasteiger partial charge in [-0.05, 0) is 140 Å². The Kier molecular flexibility index (Phi) is 163. The van der Waals surface area contributed by atoms with Gasteiger partial charge in [-0.3, -0.25) is 9.40 Å². The van der Waals surface area contributed by atoms with Gasteiger partial charge in [-0.2, -0.15) is 0 Å². The second-order valence-corrected chi connectivity index (χ2v) is 20.6. The molecule has 0 unspecified atom stereocenters. The molecule has 0 aliphatic carbocycles. The van der Waals surface area contributed by atoms with Gasteiger partial charge in [0.15, 0.2) is 0 Å². The Labute approximate surface area is 764 Å². The summed E-state index contributed by atoms with van der Waals surface area (Å²) in [6.07, 6.45) is 0. The summed E-state index contributed by atoms with van der Waals surface area (Å²) in [5.74, 6) is 5.44. The first-order valence-corrected chi connectivity index (χ1v) is 26.5. The average molecular weight is 1960 g/mol. The number of hydrogen-bond donors (Lipinski definition) is 0. The molecule has 0 atom stereocenters. The van der Waals surface area contributed by atoms with E-state index in [1.54, 1.807) is 22.7 Å². The van der Waals surface area contributed by atoms with Crippen LogP contribution in [0.4, 0.5) is 0 Å². The quantitative estimate of drug-likeness (QED) is 0.0808. The smallest absolute Gasteiger partial charge is 0.0817 e. The van der Waals surface area contributed by atoms with Crippen molar-refractivity contribution in [3.63, 3.8) is 0 Å². The predicted molar refractivity (Wildman–Crippen MR) is 293 cm³/mol. The van der Waals surface area contributed by atoms with Gasteiger partial charge in [0.25, 0.3) is 0 Å². The molecule has 0 nitrogen and oxygen atoms in total. The first kappa shape index (κ1) is 126. The number of halogens is 9. The van der Waals surface area contributed by atoms with E-state index in [1.165, 1.54) is 71.4 Å². The fraction of sp³-hybridized carbons (Fsp3) is 0.294. The minimum absolute atomic E-state index is 0. The molecule has 0 aliphatic rings. The molecule has 0 fully saturated rings. The Bertz CT molecular complexity index is 1460. The van der Waals surface area contributed by atoms with Crippen LogP contribution in [-0.2, 0) is 65.4 Å². The fourth-order valence-electron chi connectivity index (χ4n) is 2.86. The third-order valence-corrected chi connectivity index (χ3v) is 20.4. The predicted octanol–water partition coefficient (Wildman–Crippen LogP) is 21.4. The van der Waals surface area contributed by atoms with Crippen LogP contribution in [0.5, 0.6) is 0 Å². The van der Waals surface area contributed by atoms with Crippen molar-refractivity contribution in [2.75, 3.05) is 17.5 Å². The fourth-order valence-corrected chi connectivity index (χ4v) is 14.5. The number of rotatable bonds is 0. The summed E-state index contributed by atoms with van der Waals surface area (Å²) in [5.41, 5.74) is 0. The van der Waals surface area contributed by atoms with E-state index >= 15 is 0 Å². The van der Waals surface area contributed by atoms with Gasteiger partial charge in [-0.15, -0.1) is 55.1 Å². The number of hydrogen-bond acceptors (Lipinski definition) is 6. The molecular weight excluding hydrogens is 1910 g/mol. The maximum absolute atomic E-state index is 3.60. The second-order valence-electron chi connectivity index (χ2n) is 6.87. The molecule has 59 heavy (non-hydrogen) atoms. The molecule has 0 N–H and O–H groups in total. The van der Waals surface area contributed by atoms with E-state index in [-0.39, 0.29) is 419 Å². The van der Waals surface area contributed by atoms with Gasteiger partial charge in [0, 0.05) is 386 Å². The number of alkyl halides is 3. The standard InChI is InChI=1S/C8H6Br2S2.C8H6S2.C6Br2I2S2.C2H6.3CH3Br.CH4.6CH3.8Ar.2Y/c1-3-5(9)7-8(11-3)6(10)4(2)12-7;1-5-3-7-8(9-5)4-6(2)10-7;7-1-3-4(12-5(1)9)2(8)6(10)11-3;4*1-2;;;;;;;;;;;;;;;;;/h1-2H3;1-2H3;;1-2H3;3*1H3;1H4;6*1H3;;;;;;;;;;/q;-2;;;;;;;6*-1;;;;;;;;;;. The normalized spacial score (nSPS) is 6.88. The summed E-state index contributed by atoms with van der Waals surface area (Å²) >= 11 is 38.8. The maximum Gasteiger partial charge on any atom is 0.0817 e. The Balaban J connectivity index is -0.0000000217. The largest absolute Gasteiger partial charge is 0.358 e. The summed E-state index contributed by atoms with van der Waals surface area (Å²) < 4.78 is 15.7. The second kappa shape index (κ2) is 76.2. The Hall–Kier alpha value is 16.1. The molecule has 2 radical (unpaired) electrons. The van der Waals surface area contributed by atoms with Crippen LogP contribution in [0.3, 0.4) is 0 Å². The van der Waals surface area contributed by atoms with E-state index in [4.69, 9.17) is 0 Å². The molecule has 0 spiro atoms. The minimum atomic E-state index is 0. The Morgan fingerprint density at radius 3 is 0.780 bits per heavy atom. The molecule has 6 rings (SSSR count). The van der Waals surface area contributed by atoms with Crippen molar-refractivity contribution in [3.8, 4) is 0 Å². The summed E-state index contributed by atoms with van der Waals surface area (Å²) in [5, 5.41) is 0. The Morgan fingerprint density at radius 1 is 0.390 bits per heavy atom. The number of aryl methyl sites for hydroxylation is 4. The first-order valence-electron chi connectivity index (χ1n) is 11.5. The van der Waals surface area contributed by atoms with E-state index in [0.29, 0.717) is 0 Å². The molecule has 0 bridgehead atoms. The molecule has 0 aliphatic heterocycles. The molecule has 0 saturated carbocycles. The summed E-state index contributed by atoms with van der Waals surface area (Å²) in [6, 6.07) is 6.57. The monoisotopic (exact) mass is 1950 g/mol. The molecule has 0 aromatic carbocycles. The van der Waals surface area contributed by atoms with Crippen LogP contribution in [-0.4, -0.2) is 17.5 Å². The molecule has 0 amide bonds. The van der Waals surface area contributed by atoms with Crippen LogP contribution in [0.2, 0.25) is 0 Å². The van der Waals surface area contributed by atoms with Crippen molar-refractivity contribution in [2.45, 2.75) is 49.0 Å². The SMILES string of the molecule is Brc1c(I)sc2c(Br)c(I)sc12.C.CBr.CBr.CBr.CC.Cc1[c-]c2sc(C)[c-]c2s1.Cc1sc2c(Br)c(C)sc2c1Br.[Ar].[Ar].[Ar].[Ar].[Ar].[Ar].[Ar].[Ar].[CH3-].[CH3-].[CH3-].[CH3-].[CH3-].[CH3-].[Y].[Y]. The van der Waals surface area contributed by atoms with E-state index in [2.05, 4.69) is 197 Å². The molecule has 6 aromatic heterocycles. The van der Waals surface area contributed by atoms with E-state index < -0.39 is 0 Å². The van der Waals surface area contributed by atoms with Crippen molar-refractivity contribution in [2.24, 2.45) is 0 Å². The first-order chi connectivity index (χ1) is 20.0. The van der Waals surface area contributed by atoms with Crippen molar-refractivity contribution < 1.29 is 367 Å². The van der Waals surface area contributed by atoms with Gasteiger partial charge in [-0.1, -0.05) is 82.9 Å². The summed E-state index contributed by atoms with van der Waals surface area (Å²) in [4.78, 5) is 5.24. The average Bonchev–Trinajstić information content (AvgIpc) is 3.80.